The summed E-state index contributed by atoms with van der Waals surface area (Å²) in [7, 11) is 3.15. The maximum Gasteiger partial charge on any atom is 0.338 e. The maximum absolute atomic E-state index is 11.1. The number of aromatic carboxylic acids is 1. The molecule has 0 aliphatic carbocycles. The van der Waals surface area contributed by atoms with E-state index in [-0.39, 0.29) is 24.5 Å². The number of likely N-dealkylation sites (N-methyl/N-ethyl adjacent to an activating group) is 1. The molecule has 1 rings (SSSR count). The van der Waals surface area contributed by atoms with Gasteiger partial charge in [-0.2, -0.15) is 0 Å². The topological polar surface area (TPSA) is 109 Å². The quantitative estimate of drug-likeness (QED) is 0.646. The Kier molecular flexibility index (Phi) is 4.87. The third-order valence-corrected chi connectivity index (χ3v) is 2.39. The van der Waals surface area contributed by atoms with Gasteiger partial charge in [-0.15, -0.1) is 0 Å². The van der Waals surface area contributed by atoms with E-state index in [1.165, 1.54) is 19.4 Å². The van der Waals surface area contributed by atoms with Gasteiger partial charge in [0.1, 0.15) is 5.82 Å². The third-order valence-electron chi connectivity index (χ3n) is 2.39. The molecule has 0 aliphatic rings. The highest BCUT2D eigenvalue weighted by Crippen LogP contribution is 2.20. The van der Waals surface area contributed by atoms with Gasteiger partial charge < -0.3 is 25.6 Å². The highest BCUT2D eigenvalue weighted by atomic mass is 16.5. The zero-order valence-electron chi connectivity index (χ0n) is 10.3. The van der Waals surface area contributed by atoms with Gasteiger partial charge in [0.15, 0.2) is 0 Å². The number of nitrogens with zero attached hydrogens (tertiary/aromatic N) is 2. The molecule has 1 atom stereocenters. The predicted molar refractivity (Wildman–Crippen MR) is 66.8 cm³/mol. The van der Waals surface area contributed by atoms with Crippen molar-refractivity contribution in [2.45, 2.75) is 6.10 Å². The molecule has 0 aliphatic heterocycles. The van der Waals surface area contributed by atoms with Crippen molar-refractivity contribution >= 4 is 17.5 Å². The summed E-state index contributed by atoms with van der Waals surface area (Å²) in [6.07, 6.45) is 0.664. The number of carbonyl (C=O) groups is 1. The first-order valence-electron chi connectivity index (χ1n) is 5.32. The van der Waals surface area contributed by atoms with Gasteiger partial charge in [0.2, 0.25) is 0 Å². The van der Waals surface area contributed by atoms with E-state index in [4.69, 9.17) is 15.6 Å². The van der Waals surface area contributed by atoms with Crippen LogP contribution in [0.3, 0.4) is 0 Å². The zero-order valence-corrected chi connectivity index (χ0v) is 10.3. The molecule has 0 fully saturated rings. The van der Waals surface area contributed by atoms with E-state index in [0.717, 1.165) is 0 Å². The Morgan fingerprint density at radius 3 is 2.89 bits per heavy atom. The molecule has 0 saturated carbocycles. The van der Waals surface area contributed by atoms with Crippen molar-refractivity contribution in [1.29, 1.82) is 0 Å². The van der Waals surface area contributed by atoms with Crippen LogP contribution in [0.4, 0.5) is 11.5 Å². The van der Waals surface area contributed by atoms with Crippen LogP contribution < -0.4 is 10.6 Å². The lowest BCUT2D eigenvalue weighted by Gasteiger charge is -2.23. The number of aliphatic hydroxyl groups is 1. The number of anilines is 2. The van der Waals surface area contributed by atoms with Gasteiger partial charge in [-0.05, 0) is 6.07 Å². The molecule has 0 amide bonds. The smallest absolute Gasteiger partial charge is 0.338 e. The molecule has 7 heteroatoms. The second kappa shape index (κ2) is 6.18. The number of nitrogens with two attached hydrogens (primary N) is 1. The lowest BCUT2D eigenvalue weighted by Crippen LogP contribution is -2.32. The first-order valence-corrected chi connectivity index (χ1v) is 5.32. The molecule has 4 N–H and O–H groups in total. The van der Waals surface area contributed by atoms with Crippen molar-refractivity contribution in [1.82, 2.24) is 4.98 Å². The Hall–Kier alpha value is -1.86. The van der Waals surface area contributed by atoms with Crippen LogP contribution >= 0.6 is 0 Å². The van der Waals surface area contributed by atoms with Crippen LogP contribution in [0.5, 0.6) is 0 Å². The van der Waals surface area contributed by atoms with E-state index in [1.807, 2.05) is 0 Å². The highest BCUT2D eigenvalue weighted by molar-refractivity contribution is 5.95. The highest BCUT2D eigenvalue weighted by Gasteiger charge is 2.17. The largest absolute Gasteiger partial charge is 0.478 e. The Balaban J connectivity index is 2.91. The minimum Gasteiger partial charge on any atom is -0.478 e. The number of hydrogen-bond donors (Lipinski definition) is 3. The molecule has 1 heterocycles. The van der Waals surface area contributed by atoms with Crippen molar-refractivity contribution in [3.63, 3.8) is 0 Å². The standard InChI is InChI=1S/C11H17N3O4/c1-14(5-7(15)6-18-2)9-4-13-10(12)3-8(9)11(16)17/h3-4,7,15H,5-6H2,1-2H3,(H2,12,13)(H,16,17). The number of pyridine rings is 1. The van der Waals surface area contributed by atoms with Gasteiger partial charge in [0, 0.05) is 20.7 Å². The normalized spacial score (nSPS) is 12.2. The molecule has 18 heavy (non-hydrogen) atoms. The molecular weight excluding hydrogens is 238 g/mol. The number of methoxy groups -OCH3 is 1. The van der Waals surface area contributed by atoms with E-state index in [1.54, 1.807) is 11.9 Å². The minimum absolute atomic E-state index is 0.0506. The minimum atomic E-state index is -1.09. The summed E-state index contributed by atoms with van der Waals surface area (Å²) in [6.45, 7) is 0.412. The van der Waals surface area contributed by atoms with E-state index in [9.17, 15) is 9.90 Å². The summed E-state index contributed by atoms with van der Waals surface area (Å²) in [4.78, 5) is 16.5. The van der Waals surface area contributed by atoms with Crippen molar-refractivity contribution in [2.75, 3.05) is 37.9 Å². The first kappa shape index (κ1) is 14.2. The molecule has 0 spiro atoms. The fourth-order valence-electron chi connectivity index (χ4n) is 1.60. The number of ether oxygens (including phenoxy) is 1. The van der Waals surface area contributed by atoms with Gasteiger partial charge in [0.25, 0.3) is 0 Å². The molecule has 0 radical (unpaired) electrons. The fraction of sp³-hybridized carbons (Fsp3) is 0.455. The van der Waals surface area contributed by atoms with Crippen LogP contribution in [0.2, 0.25) is 0 Å². The predicted octanol–water partition coefficient (Wildman–Crippen LogP) is -0.194. The maximum atomic E-state index is 11.1. The van der Waals surface area contributed by atoms with Crippen molar-refractivity contribution in [2.24, 2.45) is 0 Å². The molecule has 100 valence electrons. The number of carboxylic acid groups (broad SMARTS) is 1. The molecule has 7 nitrogen and oxygen atoms in total. The van der Waals surface area contributed by atoms with E-state index in [0.29, 0.717) is 5.69 Å². The Morgan fingerprint density at radius 1 is 1.67 bits per heavy atom. The van der Waals surface area contributed by atoms with Crippen LogP contribution in [0.25, 0.3) is 0 Å². The van der Waals surface area contributed by atoms with E-state index >= 15 is 0 Å². The molecular formula is C11H17N3O4. The third kappa shape index (κ3) is 3.57. The summed E-state index contributed by atoms with van der Waals surface area (Å²) < 4.78 is 4.81. The zero-order chi connectivity index (χ0) is 13.7. The van der Waals surface area contributed by atoms with Gasteiger partial charge in [-0.25, -0.2) is 9.78 Å². The van der Waals surface area contributed by atoms with Crippen LogP contribution in [-0.2, 0) is 4.74 Å². The number of carboxylic acids is 1. The lowest BCUT2D eigenvalue weighted by molar-refractivity contribution is 0.0680. The SMILES string of the molecule is COCC(O)CN(C)c1cnc(N)cc1C(=O)O. The van der Waals surface area contributed by atoms with Gasteiger partial charge in [0.05, 0.1) is 30.2 Å². The molecule has 0 aromatic carbocycles. The molecule has 1 aromatic rings. The summed E-state index contributed by atoms with van der Waals surface area (Å²) in [5.74, 6) is -0.950. The van der Waals surface area contributed by atoms with Crippen LogP contribution in [-0.4, -0.2) is 54.6 Å². The lowest BCUT2D eigenvalue weighted by atomic mass is 10.2. The molecule has 1 unspecified atom stereocenters. The van der Waals surface area contributed by atoms with Gasteiger partial charge in [-0.3, -0.25) is 0 Å². The summed E-state index contributed by atoms with van der Waals surface area (Å²) >= 11 is 0. The van der Waals surface area contributed by atoms with Crippen LogP contribution in [0.1, 0.15) is 10.4 Å². The molecule has 1 aromatic heterocycles. The number of hydrogen-bond acceptors (Lipinski definition) is 6. The molecule has 0 bridgehead atoms. The monoisotopic (exact) mass is 255 g/mol. The number of aliphatic hydroxyl groups excluding tert-OH is 1. The average molecular weight is 255 g/mol. The number of aromatic nitrogens is 1. The van der Waals surface area contributed by atoms with Gasteiger partial charge >= 0.3 is 5.97 Å². The number of rotatable bonds is 6. The summed E-state index contributed by atoms with van der Waals surface area (Å²) in [5, 5.41) is 18.7. The number of nitrogen functional groups attached to an aromatic ring is 1. The Bertz CT molecular complexity index is 425. The fourth-order valence-corrected chi connectivity index (χ4v) is 1.60. The van der Waals surface area contributed by atoms with Crippen molar-refractivity contribution in [3.05, 3.63) is 17.8 Å². The van der Waals surface area contributed by atoms with Gasteiger partial charge in [-0.1, -0.05) is 0 Å². The molecule has 0 saturated heterocycles. The van der Waals surface area contributed by atoms with Crippen LogP contribution in [0, 0.1) is 0 Å². The van der Waals surface area contributed by atoms with E-state index < -0.39 is 12.1 Å². The first-order chi connectivity index (χ1) is 8.45. The average Bonchev–Trinajstić information content (AvgIpc) is 2.28. The second-order valence-corrected chi connectivity index (χ2v) is 3.92. The van der Waals surface area contributed by atoms with Crippen molar-refractivity contribution in [3.8, 4) is 0 Å². The van der Waals surface area contributed by atoms with Crippen molar-refractivity contribution < 1.29 is 19.7 Å². The summed E-state index contributed by atoms with van der Waals surface area (Å²) in [5.41, 5.74) is 5.90. The van der Waals surface area contributed by atoms with Crippen LogP contribution in [0.15, 0.2) is 12.3 Å². The van der Waals surface area contributed by atoms with E-state index in [2.05, 4.69) is 4.98 Å². The summed E-state index contributed by atoms with van der Waals surface area (Å²) in [6, 6.07) is 1.29. The Morgan fingerprint density at radius 2 is 2.33 bits per heavy atom. The Labute approximate surface area is 105 Å². The second-order valence-electron chi connectivity index (χ2n) is 3.92.